The molecule has 2 aromatic rings. The average Bonchev–Trinajstić information content (AvgIpc) is 2.56. The fourth-order valence-electron chi connectivity index (χ4n) is 1.94. The SMILES string of the molecule is CC(=O)N(C)c1ccc(NC(=O)CNc2ccc(Cl)c(Cl)c2)cc1. The Bertz CT molecular complexity index is 748. The van der Waals surface area contributed by atoms with Gasteiger partial charge in [0.15, 0.2) is 0 Å². The summed E-state index contributed by atoms with van der Waals surface area (Å²) in [5.41, 5.74) is 2.11. The van der Waals surface area contributed by atoms with Crippen molar-refractivity contribution in [3.8, 4) is 0 Å². The van der Waals surface area contributed by atoms with Gasteiger partial charge in [0.1, 0.15) is 0 Å². The largest absolute Gasteiger partial charge is 0.376 e. The molecule has 0 saturated heterocycles. The van der Waals surface area contributed by atoms with Crippen LogP contribution in [0.2, 0.25) is 10.0 Å². The number of anilines is 3. The summed E-state index contributed by atoms with van der Waals surface area (Å²) >= 11 is 11.8. The lowest BCUT2D eigenvalue weighted by Crippen LogP contribution is -2.23. The van der Waals surface area contributed by atoms with E-state index in [1.54, 1.807) is 49.5 Å². The van der Waals surface area contributed by atoms with E-state index in [2.05, 4.69) is 10.6 Å². The van der Waals surface area contributed by atoms with Crippen molar-refractivity contribution >= 4 is 52.1 Å². The molecule has 0 unspecified atom stereocenters. The second-order valence-corrected chi connectivity index (χ2v) is 5.97. The number of amides is 2. The summed E-state index contributed by atoms with van der Waals surface area (Å²) in [6.45, 7) is 1.58. The first kappa shape index (κ1) is 18.1. The lowest BCUT2D eigenvalue weighted by atomic mass is 10.2. The Morgan fingerprint density at radius 3 is 2.21 bits per heavy atom. The zero-order valence-corrected chi connectivity index (χ0v) is 14.8. The van der Waals surface area contributed by atoms with Crippen molar-refractivity contribution < 1.29 is 9.59 Å². The number of carbonyl (C=O) groups is 2. The van der Waals surface area contributed by atoms with E-state index in [0.29, 0.717) is 21.4 Å². The molecule has 0 aliphatic heterocycles. The van der Waals surface area contributed by atoms with Crippen molar-refractivity contribution in [1.82, 2.24) is 0 Å². The van der Waals surface area contributed by atoms with Crippen LogP contribution in [-0.2, 0) is 9.59 Å². The molecule has 7 heteroatoms. The quantitative estimate of drug-likeness (QED) is 0.840. The van der Waals surface area contributed by atoms with E-state index >= 15 is 0 Å². The van der Waals surface area contributed by atoms with Crippen molar-refractivity contribution in [2.75, 3.05) is 29.1 Å². The fourth-order valence-corrected chi connectivity index (χ4v) is 2.24. The Kier molecular flexibility index (Phi) is 6.06. The topological polar surface area (TPSA) is 61.4 Å². The number of carbonyl (C=O) groups excluding carboxylic acids is 2. The zero-order chi connectivity index (χ0) is 17.7. The van der Waals surface area contributed by atoms with Crippen LogP contribution in [0.25, 0.3) is 0 Å². The molecule has 0 aliphatic rings. The van der Waals surface area contributed by atoms with Gasteiger partial charge >= 0.3 is 0 Å². The van der Waals surface area contributed by atoms with Crippen LogP contribution in [0, 0.1) is 0 Å². The van der Waals surface area contributed by atoms with Gasteiger partial charge < -0.3 is 15.5 Å². The maximum atomic E-state index is 12.0. The highest BCUT2D eigenvalue weighted by atomic mass is 35.5. The lowest BCUT2D eigenvalue weighted by molar-refractivity contribution is -0.116. The molecule has 0 saturated carbocycles. The summed E-state index contributed by atoms with van der Waals surface area (Å²) in [5.74, 6) is -0.258. The molecule has 0 aliphatic carbocycles. The Morgan fingerprint density at radius 1 is 1.00 bits per heavy atom. The van der Waals surface area contributed by atoms with Crippen molar-refractivity contribution in [3.05, 3.63) is 52.5 Å². The van der Waals surface area contributed by atoms with E-state index in [0.717, 1.165) is 5.69 Å². The van der Waals surface area contributed by atoms with Crippen molar-refractivity contribution in [1.29, 1.82) is 0 Å². The molecule has 5 nitrogen and oxygen atoms in total. The normalized spacial score (nSPS) is 10.2. The standard InChI is InChI=1S/C17H17Cl2N3O2/c1-11(23)22(2)14-6-3-12(4-7-14)21-17(24)10-20-13-5-8-15(18)16(19)9-13/h3-9,20H,10H2,1-2H3,(H,21,24). The molecule has 0 radical (unpaired) electrons. The van der Waals surface area contributed by atoms with Crippen LogP contribution in [0.1, 0.15) is 6.92 Å². The number of benzene rings is 2. The summed E-state index contributed by atoms with van der Waals surface area (Å²) in [6, 6.07) is 12.1. The number of nitrogens with one attached hydrogen (secondary N) is 2. The highest BCUT2D eigenvalue weighted by molar-refractivity contribution is 6.42. The molecular weight excluding hydrogens is 349 g/mol. The van der Waals surface area contributed by atoms with Crippen molar-refractivity contribution in [2.45, 2.75) is 6.92 Å². The number of halogens is 2. The first-order chi connectivity index (χ1) is 11.4. The van der Waals surface area contributed by atoms with Crippen LogP contribution in [-0.4, -0.2) is 25.4 Å². The van der Waals surface area contributed by atoms with E-state index in [1.807, 2.05) is 0 Å². The van der Waals surface area contributed by atoms with Gasteiger partial charge in [-0.25, -0.2) is 0 Å². The molecule has 0 fully saturated rings. The van der Waals surface area contributed by atoms with Crippen LogP contribution in [0.5, 0.6) is 0 Å². The highest BCUT2D eigenvalue weighted by Crippen LogP contribution is 2.24. The molecule has 2 aromatic carbocycles. The van der Waals surface area contributed by atoms with Gasteiger partial charge in [0.05, 0.1) is 16.6 Å². The minimum atomic E-state index is -0.200. The maximum Gasteiger partial charge on any atom is 0.243 e. The molecule has 2 rings (SSSR count). The molecular formula is C17H17Cl2N3O2. The van der Waals surface area contributed by atoms with Crippen molar-refractivity contribution in [2.24, 2.45) is 0 Å². The summed E-state index contributed by atoms with van der Waals surface area (Å²) in [7, 11) is 1.69. The zero-order valence-electron chi connectivity index (χ0n) is 13.3. The van der Waals surface area contributed by atoms with Crippen LogP contribution >= 0.6 is 23.2 Å². The summed E-state index contributed by atoms with van der Waals surface area (Å²) in [4.78, 5) is 24.8. The van der Waals surface area contributed by atoms with Crippen molar-refractivity contribution in [3.63, 3.8) is 0 Å². The van der Waals surface area contributed by atoms with Gasteiger partial charge in [-0.1, -0.05) is 23.2 Å². The molecule has 2 N–H and O–H groups in total. The van der Waals surface area contributed by atoms with Gasteiger partial charge in [0, 0.05) is 31.0 Å². The van der Waals surface area contributed by atoms with E-state index in [1.165, 1.54) is 11.8 Å². The maximum absolute atomic E-state index is 12.0. The summed E-state index contributed by atoms with van der Waals surface area (Å²) in [5, 5.41) is 6.62. The highest BCUT2D eigenvalue weighted by Gasteiger charge is 2.07. The monoisotopic (exact) mass is 365 g/mol. The summed E-state index contributed by atoms with van der Waals surface area (Å²) in [6.07, 6.45) is 0. The lowest BCUT2D eigenvalue weighted by Gasteiger charge is -2.15. The third kappa shape index (κ3) is 4.88. The Balaban J connectivity index is 1.90. The van der Waals surface area contributed by atoms with E-state index in [4.69, 9.17) is 23.2 Å². The van der Waals surface area contributed by atoms with Crippen LogP contribution < -0.4 is 15.5 Å². The number of rotatable bonds is 5. The molecule has 0 spiro atoms. The second kappa shape index (κ2) is 8.04. The van der Waals surface area contributed by atoms with Gasteiger partial charge in [0.25, 0.3) is 0 Å². The third-order valence-electron chi connectivity index (χ3n) is 3.38. The Morgan fingerprint density at radius 2 is 1.62 bits per heavy atom. The van der Waals surface area contributed by atoms with Gasteiger partial charge in [-0.15, -0.1) is 0 Å². The minimum Gasteiger partial charge on any atom is -0.376 e. The smallest absolute Gasteiger partial charge is 0.243 e. The average molecular weight is 366 g/mol. The molecule has 0 aromatic heterocycles. The number of nitrogens with zero attached hydrogens (tertiary/aromatic N) is 1. The Labute approximate surface area is 150 Å². The predicted octanol–water partition coefficient (Wildman–Crippen LogP) is 4.03. The van der Waals surface area contributed by atoms with Gasteiger partial charge in [-0.05, 0) is 42.5 Å². The summed E-state index contributed by atoms with van der Waals surface area (Å²) < 4.78 is 0. The molecule has 0 atom stereocenters. The predicted molar refractivity (Wildman–Crippen MR) is 99.1 cm³/mol. The molecule has 126 valence electrons. The first-order valence-electron chi connectivity index (χ1n) is 7.20. The molecule has 0 bridgehead atoms. The van der Waals surface area contributed by atoms with E-state index < -0.39 is 0 Å². The van der Waals surface area contributed by atoms with E-state index in [-0.39, 0.29) is 18.4 Å². The van der Waals surface area contributed by atoms with Gasteiger partial charge in [0.2, 0.25) is 11.8 Å². The molecule has 24 heavy (non-hydrogen) atoms. The van der Waals surface area contributed by atoms with Crippen LogP contribution in [0.15, 0.2) is 42.5 Å². The van der Waals surface area contributed by atoms with Gasteiger partial charge in [-0.3, -0.25) is 9.59 Å². The minimum absolute atomic E-state index is 0.0578. The molecule has 0 heterocycles. The molecule has 2 amide bonds. The van der Waals surface area contributed by atoms with Gasteiger partial charge in [-0.2, -0.15) is 0 Å². The third-order valence-corrected chi connectivity index (χ3v) is 4.12. The van der Waals surface area contributed by atoms with E-state index in [9.17, 15) is 9.59 Å². The number of hydrogen-bond acceptors (Lipinski definition) is 3. The fraction of sp³-hybridized carbons (Fsp3) is 0.176. The second-order valence-electron chi connectivity index (χ2n) is 5.16. The van der Waals surface area contributed by atoms with Crippen LogP contribution in [0.3, 0.4) is 0 Å². The Hall–Kier alpha value is -2.24. The first-order valence-corrected chi connectivity index (χ1v) is 7.95. The number of hydrogen-bond donors (Lipinski definition) is 2. The van der Waals surface area contributed by atoms with Crippen LogP contribution in [0.4, 0.5) is 17.1 Å².